The first-order chi connectivity index (χ1) is 11.6. The number of nitrogens with one attached hydrogen (secondary N) is 2. The van der Waals surface area contributed by atoms with E-state index in [1.807, 2.05) is 0 Å². The number of hydrogen-bond acceptors (Lipinski definition) is 5. The van der Waals surface area contributed by atoms with Crippen LogP contribution in [0.2, 0.25) is 0 Å². The van der Waals surface area contributed by atoms with Crippen LogP contribution in [0.25, 0.3) is 10.4 Å². The first-order valence-corrected chi connectivity index (χ1v) is 7.47. The van der Waals surface area contributed by atoms with Crippen LogP contribution in [0.5, 0.6) is 0 Å². The summed E-state index contributed by atoms with van der Waals surface area (Å²) in [6.45, 7) is 3.95. The third kappa shape index (κ3) is 8.74. The van der Waals surface area contributed by atoms with Crippen LogP contribution in [-0.4, -0.2) is 51.3 Å². The van der Waals surface area contributed by atoms with E-state index in [2.05, 4.69) is 20.7 Å². The maximum absolute atomic E-state index is 11.8. The molecule has 0 unspecified atom stereocenters. The number of hydrogen-bond donors (Lipinski definition) is 2. The zero-order valence-electron chi connectivity index (χ0n) is 13.5. The summed E-state index contributed by atoms with van der Waals surface area (Å²) in [7, 11) is 0. The Morgan fingerprint density at radius 2 is 1.62 bits per heavy atom. The van der Waals surface area contributed by atoms with Crippen molar-refractivity contribution < 1.29 is 19.1 Å². The van der Waals surface area contributed by atoms with Crippen LogP contribution in [0.3, 0.4) is 0 Å². The first kappa shape index (κ1) is 19.4. The van der Waals surface area contributed by atoms with Crippen molar-refractivity contribution in [3.8, 4) is 0 Å². The molecule has 130 valence electrons. The molecule has 0 aromatic heterocycles. The Balaban J connectivity index is 2.05. The van der Waals surface area contributed by atoms with E-state index in [1.54, 1.807) is 24.3 Å². The molecule has 0 atom stereocenters. The van der Waals surface area contributed by atoms with Gasteiger partial charge in [0.1, 0.15) is 0 Å². The molecule has 0 spiro atoms. The van der Waals surface area contributed by atoms with Crippen molar-refractivity contribution in [2.45, 2.75) is 6.92 Å². The van der Waals surface area contributed by atoms with Crippen molar-refractivity contribution in [1.82, 2.24) is 10.6 Å². The Morgan fingerprint density at radius 3 is 2.17 bits per heavy atom. The molecule has 9 nitrogen and oxygen atoms in total. The van der Waals surface area contributed by atoms with Crippen molar-refractivity contribution in [3.63, 3.8) is 0 Å². The Morgan fingerprint density at radius 1 is 1.04 bits per heavy atom. The molecule has 24 heavy (non-hydrogen) atoms. The van der Waals surface area contributed by atoms with Gasteiger partial charge in [0, 0.05) is 36.2 Å². The zero-order chi connectivity index (χ0) is 17.6. The number of ether oxygens (including phenoxy) is 2. The van der Waals surface area contributed by atoms with E-state index in [-0.39, 0.29) is 11.8 Å². The zero-order valence-corrected chi connectivity index (χ0v) is 13.5. The third-order valence-electron chi connectivity index (χ3n) is 2.81. The van der Waals surface area contributed by atoms with Gasteiger partial charge in [-0.3, -0.25) is 9.59 Å². The van der Waals surface area contributed by atoms with Crippen LogP contribution in [0.4, 0.5) is 5.69 Å². The van der Waals surface area contributed by atoms with Gasteiger partial charge in [-0.2, -0.15) is 0 Å². The summed E-state index contributed by atoms with van der Waals surface area (Å²) in [5.74, 6) is -0.310. The average Bonchev–Trinajstić information content (AvgIpc) is 2.57. The molecule has 1 aromatic carbocycles. The van der Waals surface area contributed by atoms with Gasteiger partial charge in [0.2, 0.25) is 5.91 Å². The van der Waals surface area contributed by atoms with Crippen LogP contribution in [0.15, 0.2) is 29.4 Å². The largest absolute Gasteiger partial charge is 0.377 e. The molecule has 0 heterocycles. The lowest BCUT2D eigenvalue weighted by molar-refractivity contribution is -0.119. The van der Waals surface area contributed by atoms with Crippen molar-refractivity contribution in [2.75, 3.05) is 39.5 Å². The number of carbonyl (C=O) groups excluding carboxylic acids is 2. The second-order valence-electron chi connectivity index (χ2n) is 4.70. The SMILES string of the molecule is CC(=O)NCCOCCOCCNC(=O)c1ccc(N=[N+]=[N-])cc1. The minimum atomic E-state index is -0.224. The molecule has 2 N–H and O–H groups in total. The number of amides is 2. The van der Waals surface area contributed by atoms with E-state index in [4.69, 9.17) is 15.0 Å². The number of carbonyl (C=O) groups is 2. The van der Waals surface area contributed by atoms with Crippen molar-refractivity contribution in [3.05, 3.63) is 40.3 Å². The van der Waals surface area contributed by atoms with E-state index in [9.17, 15) is 9.59 Å². The van der Waals surface area contributed by atoms with Gasteiger partial charge in [-0.05, 0) is 17.7 Å². The van der Waals surface area contributed by atoms with E-state index >= 15 is 0 Å². The van der Waals surface area contributed by atoms with E-state index in [0.717, 1.165) is 0 Å². The molecule has 0 bridgehead atoms. The van der Waals surface area contributed by atoms with Crippen LogP contribution < -0.4 is 10.6 Å². The van der Waals surface area contributed by atoms with Crippen LogP contribution in [-0.2, 0) is 14.3 Å². The van der Waals surface area contributed by atoms with Crippen LogP contribution >= 0.6 is 0 Å². The fraction of sp³-hybridized carbons (Fsp3) is 0.467. The molecule has 0 radical (unpaired) electrons. The molecule has 1 aromatic rings. The maximum Gasteiger partial charge on any atom is 0.251 e. The lowest BCUT2D eigenvalue weighted by Gasteiger charge is -2.07. The molecule has 2 amide bonds. The minimum absolute atomic E-state index is 0.0852. The first-order valence-electron chi connectivity index (χ1n) is 7.47. The Kier molecular flexibility index (Phi) is 9.63. The Bertz CT molecular complexity index is 570. The third-order valence-corrected chi connectivity index (χ3v) is 2.81. The highest BCUT2D eigenvalue weighted by Crippen LogP contribution is 2.12. The maximum atomic E-state index is 11.8. The van der Waals surface area contributed by atoms with Gasteiger partial charge in [0.05, 0.1) is 26.4 Å². The van der Waals surface area contributed by atoms with Crippen molar-refractivity contribution >= 4 is 17.5 Å². The van der Waals surface area contributed by atoms with Gasteiger partial charge in [-0.1, -0.05) is 17.2 Å². The van der Waals surface area contributed by atoms with Crippen LogP contribution in [0.1, 0.15) is 17.3 Å². The van der Waals surface area contributed by atoms with Gasteiger partial charge in [-0.15, -0.1) is 0 Å². The van der Waals surface area contributed by atoms with E-state index < -0.39 is 0 Å². The summed E-state index contributed by atoms with van der Waals surface area (Å²) in [5, 5.41) is 8.77. The Labute approximate surface area is 139 Å². The fourth-order valence-corrected chi connectivity index (χ4v) is 1.69. The van der Waals surface area contributed by atoms with Gasteiger partial charge in [-0.25, -0.2) is 0 Å². The monoisotopic (exact) mass is 335 g/mol. The van der Waals surface area contributed by atoms with E-state index in [0.29, 0.717) is 50.8 Å². The highest BCUT2D eigenvalue weighted by molar-refractivity contribution is 5.94. The van der Waals surface area contributed by atoms with Gasteiger partial charge >= 0.3 is 0 Å². The fourth-order valence-electron chi connectivity index (χ4n) is 1.69. The predicted molar refractivity (Wildman–Crippen MR) is 87.9 cm³/mol. The normalized spacial score (nSPS) is 9.88. The lowest BCUT2D eigenvalue weighted by atomic mass is 10.2. The highest BCUT2D eigenvalue weighted by atomic mass is 16.5. The average molecular weight is 335 g/mol. The molecule has 0 fully saturated rings. The lowest BCUT2D eigenvalue weighted by Crippen LogP contribution is -2.28. The summed E-state index contributed by atoms with van der Waals surface area (Å²) >= 11 is 0. The molecule has 0 saturated heterocycles. The quantitative estimate of drug-likeness (QED) is 0.275. The molecule has 0 aliphatic rings. The molecule has 0 aliphatic heterocycles. The second kappa shape index (κ2) is 11.9. The summed E-state index contributed by atoms with van der Waals surface area (Å²) in [6, 6.07) is 6.32. The summed E-state index contributed by atoms with van der Waals surface area (Å²) < 4.78 is 10.6. The van der Waals surface area contributed by atoms with Gasteiger partial charge in [0.25, 0.3) is 5.91 Å². The standard InChI is InChI=1S/C15H21N5O4/c1-12(21)17-6-8-23-10-11-24-9-7-18-15(22)13-2-4-14(5-3-13)19-20-16/h2-5H,6-11H2,1H3,(H,17,21)(H,18,22). The second-order valence-corrected chi connectivity index (χ2v) is 4.70. The topological polar surface area (TPSA) is 125 Å². The van der Waals surface area contributed by atoms with E-state index in [1.165, 1.54) is 6.92 Å². The molecule has 1 rings (SSSR count). The molecule has 0 aliphatic carbocycles. The molecule has 9 heteroatoms. The molecular formula is C15H21N5O4. The summed E-state index contributed by atoms with van der Waals surface area (Å²) in [6.07, 6.45) is 0. The van der Waals surface area contributed by atoms with Gasteiger partial charge in [0.15, 0.2) is 0 Å². The summed E-state index contributed by atoms with van der Waals surface area (Å²) in [4.78, 5) is 25.1. The number of azide groups is 1. The summed E-state index contributed by atoms with van der Waals surface area (Å²) in [5.41, 5.74) is 9.24. The number of benzene rings is 1. The molecule has 0 saturated carbocycles. The minimum Gasteiger partial charge on any atom is -0.377 e. The number of rotatable bonds is 11. The smallest absolute Gasteiger partial charge is 0.251 e. The predicted octanol–water partition coefficient (Wildman–Crippen LogP) is 1.53. The molecular weight excluding hydrogens is 314 g/mol. The Hall–Kier alpha value is -2.61. The number of nitrogens with zero attached hydrogens (tertiary/aromatic N) is 3. The van der Waals surface area contributed by atoms with Crippen molar-refractivity contribution in [1.29, 1.82) is 0 Å². The van der Waals surface area contributed by atoms with Crippen molar-refractivity contribution in [2.24, 2.45) is 5.11 Å². The van der Waals surface area contributed by atoms with Gasteiger partial charge < -0.3 is 20.1 Å². The van der Waals surface area contributed by atoms with Crippen LogP contribution in [0, 0.1) is 0 Å². The highest BCUT2D eigenvalue weighted by Gasteiger charge is 2.04.